The predicted octanol–water partition coefficient (Wildman–Crippen LogP) is 7.18. The van der Waals surface area contributed by atoms with E-state index in [2.05, 4.69) is 10.2 Å². The van der Waals surface area contributed by atoms with Gasteiger partial charge < -0.3 is 19.5 Å². The normalized spacial score (nSPS) is 13.6. The molecular weight excluding hydrogens is 533 g/mol. The zero-order chi connectivity index (χ0) is 27.4. The largest absolute Gasteiger partial charge is 0.457 e. The Hall–Kier alpha value is -4.00. The maximum atomic E-state index is 12.7. The summed E-state index contributed by atoms with van der Waals surface area (Å²) < 4.78 is 5.84. The van der Waals surface area contributed by atoms with Crippen LogP contribution in [0, 0.1) is 6.92 Å². The van der Waals surface area contributed by atoms with Crippen LogP contribution in [0.5, 0.6) is 0 Å². The molecule has 1 aromatic heterocycles. The van der Waals surface area contributed by atoms with E-state index < -0.39 is 0 Å². The number of furan rings is 1. The maximum Gasteiger partial charge on any atom is 0.253 e. The second-order valence-electron chi connectivity index (χ2n) is 9.32. The van der Waals surface area contributed by atoms with Gasteiger partial charge >= 0.3 is 0 Å². The zero-order valence-corrected chi connectivity index (χ0v) is 22.9. The van der Waals surface area contributed by atoms with Crippen LogP contribution in [0.25, 0.3) is 17.4 Å². The van der Waals surface area contributed by atoms with Crippen molar-refractivity contribution < 1.29 is 14.0 Å². The average molecular weight is 560 g/mol. The van der Waals surface area contributed by atoms with Crippen molar-refractivity contribution in [2.75, 3.05) is 36.4 Å². The molecule has 0 radical (unpaired) electrons. The Kier molecular flexibility index (Phi) is 8.05. The number of rotatable bonds is 6. The van der Waals surface area contributed by atoms with Crippen LogP contribution in [-0.2, 0) is 4.79 Å². The van der Waals surface area contributed by atoms with Crippen LogP contribution in [0.1, 0.15) is 21.7 Å². The highest BCUT2D eigenvalue weighted by Gasteiger charge is 2.22. The van der Waals surface area contributed by atoms with Gasteiger partial charge in [-0.05, 0) is 85.3 Å². The molecule has 4 aromatic rings. The maximum absolute atomic E-state index is 12.7. The monoisotopic (exact) mass is 559 g/mol. The fraction of sp³-hybridized carbons (Fsp3) is 0.161. The molecule has 1 fully saturated rings. The van der Waals surface area contributed by atoms with Gasteiger partial charge in [0.05, 0.1) is 0 Å². The number of anilines is 2. The van der Waals surface area contributed by atoms with Crippen LogP contribution in [0.3, 0.4) is 0 Å². The van der Waals surface area contributed by atoms with E-state index >= 15 is 0 Å². The zero-order valence-electron chi connectivity index (χ0n) is 21.4. The number of hydrogen-bond donors (Lipinski definition) is 1. The number of piperazine rings is 1. The molecule has 6 nitrogen and oxygen atoms in total. The molecule has 0 atom stereocenters. The van der Waals surface area contributed by atoms with E-state index in [0.29, 0.717) is 45.9 Å². The SMILES string of the molecule is Cc1ccc(-c2ccc(C=CC(=O)Nc3ccc(N4CCN(C(=O)c5ccc(Cl)cc5)CC4)cc3)o2)cc1Cl. The number of halogens is 2. The highest BCUT2D eigenvalue weighted by molar-refractivity contribution is 6.31. The van der Waals surface area contributed by atoms with E-state index in [-0.39, 0.29) is 11.8 Å². The molecule has 0 bridgehead atoms. The minimum Gasteiger partial charge on any atom is -0.457 e. The molecule has 1 aliphatic rings. The van der Waals surface area contributed by atoms with E-state index in [1.54, 1.807) is 30.3 Å². The Morgan fingerprint density at radius 2 is 1.59 bits per heavy atom. The Morgan fingerprint density at radius 1 is 0.872 bits per heavy atom. The standard InChI is InChI=1S/C31H27Cl2N3O3/c1-21-2-3-23(20-28(21)33)29-14-12-27(39-29)13-15-30(37)34-25-8-10-26(11-9-25)35-16-18-36(19-17-35)31(38)22-4-6-24(32)7-5-22/h2-15,20H,16-19H2,1H3,(H,34,37). The van der Waals surface area contributed by atoms with Gasteiger partial charge in [-0.1, -0.05) is 35.3 Å². The van der Waals surface area contributed by atoms with Crippen LogP contribution in [0.2, 0.25) is 10.0 Å². The van der Waals surface area contributed by atoms with Gasteiger partial charge in [-0.3, -0.25) is 9.59 Å². The summed E-state index contributed by atoms with van der Waals surface area (Å²) >= 11 is 12.1. The summed E-state index contributed by atoms with van der Waals surface area (Å²) in [6.45, 7) is 4.68. The third-order valence-corrected chi connectivity index (χ3v) is 7.30. The molecule has 1 N–H and O–H groups in total. The van der Waals surface area contributed by atoms with Gasteiger partial charge in [-0.15, -0.1) is 0 Å². The van der Waals surface area contributed by atoms with E-state index in [9.17, 15) is 9.59 Å². The highest BCUT2D eigenvalue weighted by Crippen LogP contribution is 2.27. The third-order valence-electron chi connectivity index (χ3n) is 6.64. The van der Waals surface area contributed by atoms with Crippen LogP contribution in [-0.4, -0.2) is 42.9 Å². The van der Waals surface area contributed by atoms with Crippen LogP contribution < -0.4 is 10.2 Å². The minimum absolute atomic E-state index is 0.0164. The molecule has 0 saturated carbocycles. The number of amides is 2. The first kappa shape index (κ1) is 26.6. The van der Waals surface area contributed by atoms with E-state index in [1.807, 2.05) is 66.4 Å². The summed E-state index contributed by atoms with van der Waals surface area (Å²) in [6, 6.07) is 24.1. The van der Waals surface area contributed by atoms with E-state index in [4.69, 9.17) is 27.6 Å². The molecule has 8 heteroatoms. The summed E-state index contributed by atoms with van der Waals surface area (Å²) in [5, 5.41) is 4.17. The Labute approximate surface area is 237 Å². The molecule has 0 aliphatic carbocycles. The smallest absolute Gasteiger partial charge is 0.253 e. The molecule has 3 aromatic carbocycles. The molecule has 5 rings (SSSR count). The minimum atomic E-state index is -0.256. The van der Waals surface area contributed by atoms with Crippen molar-refractivity contribution in [2.24, 2.45) is 0 Å². The summed E-state index contributed by atoms with van der Waals surface area (Å²) in [5.41, 5.74) is 4.26. The Balaban J connectivity index is 1.12. The summed E-state index contributed by atoms with van der Waals surface area (Å²) in [6.07, 6.45) is 3.07. The van der Waals surface area contributed by atoms with Crippen LogP contribution in [0.15, 0.2) is 89.4 Å². The second kappa shape index (κ2) is 11.8. The first-order chi connectivity index (χ1) is 18.9. The first-order valence-corrected chi connectivity index (χ1v) is 13.4. The lowest BCUT2D eigenvalue weighted by Gasteiger charge is -2.36. The number of carbonyl (C=O) groups is 2. The van der Waals surface area contributed by atoms with Gasteiger partial charge in [-0.2, -0.15) is 0 Å². The lowest BCUT2D eigenvalue weighted by atomic mass is 10.1. The molecule has 0 spiro atoms. The highest BCUT2D eigenvalue weighted by atomic mass is 35.5. The van der Waals surface area contributed by atoms with E-state index in [1.165, 1.54) is 6.08 Å². The van der Waals surface area contributed by atoms with Gasteiger partial charge in [0.25, 0.3) is 5.91 Å². The van der Waals surface area contributed by atoms with Crippen molar-refractivity contribution in [3.05, 3.63) is 112 Å². The lowest BCUT2D eigenvalue weighted by Crippen LogP contribution is -2.48. The van der Waals surface area contributed by atoms with Crippen LogP contribution >= 0.6 is 23.2 Å². The van der Waals surface area contributed by atoms with Crippen molar-refractivity contribution in [3.8, 4) is 11.3 Å². The number of aryl methyl sites for hydroxylation is 1. The number of hydrogen-bond acceptors (Lipinski definition) is 4. The molecule has 2 heterocycles. The van der Waals surface area contributed by atoms with Crippen molar-refractivity contribution in [1.82, 2.24) is 4.90 Å². The van der Waals surface area contributed by atoms with Gasteiger partial charge in [0.2, 0.25) is 5.91 Å². The predicted molar refractivity (Wildman–Crippen MR) is 158 cm³/mol. The molecule has 198 valence electrons. The molecule has 0 unspecified atom stereocenters. The number of nitrogens with zero attached hydrogens (tertiary/aromatic N) is 2. The number of benzene rings is 3. The first-order valence-electron chi connectivity index (χ1n) is 12.6. The molecule has 1 aliphatic heterocycles. The summed E-state index contributed by atoms with van der Waals surface area (Å²) in [7, 11) is 0. The van der Waals surface area contributed by atoms with Gasteiger partial charge in [0.15, 0.2) is 0 Å². The third kappa shape index (κ3) is 6.53. The molecule has 2 amide bonds. The molecule has 39 heavy (non-hydrogen) atoms. The van der Waals surface area contributed by atoms with Gasteiger partial charge in [0, 0.05) is 64.8 Å². The van der Waals surface area contributed by atoms with E-state index in [0.717, 1.165) is 29.9 Å². The fourth-order valence-corrected chi connectivity index (χ4v) is 4.69. The second-order valence-corrected chi connectivity index (χ2v) is 10.2. The average Bonchev–Trinajstić information content (AvgIpc) is 3.43. The van der Waals surface area contributed by atoms with Crippen molar-refractivity contribution in [3.63, 3.8) is 0 Å². The molecule has 1 saturated heterocycles. The van der Waals surface area contributed by atoms with Crippen molar-refractivity contribution >= 4 is 52.5 Å². The Morgan fingerprint density at radius 3 is 2.28 bits per heavy atom. The lowest BCUT2D eigenvalue weighted by molar-refractivity contribution is -0.111. The van der Waals surface area contributed by atoms with Crippen molar-refractivity contribution in [1.29, 1.82) is 0 Å². The van der Waals surface area contributed by atoms with Crippen molar-refractivity contribution in [2.45, 2.75) is 6.92 Å². The summed E-state index contributed by atoms with van der Waals surface area (Å²) in [4.78, 5) is 29.3. The molecular formula is C31H27Cl2N3O3. The summed E-state index contributed by atoms with van der Waals surface area (Å²) in [5.74, 6) is 1.01. The quantitative estimate of drug-likeness (QED) is 0.254. The van der Waals surface area contributed by atoms with Gasteiger partial charge in [-0.25, -0.2) is 0 Å². The topological polar surface area (TPSA) is 65.8 Å². The van der Waals surface area contributed by atoms with Gasteiger partial charge in [0.1, 0.15) is 11.5 Å². The Bertz CT molecular complexity index is 1500. The number of carbonyl (C=O) groups excluding carboxylic acids is 2. The fourth-order valence-electron chi connectivity index (χ4n) is 4.38. The number of nitrogens with one attached hydrogen (secondary N) is 1. The van der Waals surface area contributed by atoms with Crippen LogP contribution in [0.4, 0.5) is 11.4 Å².